The van der Waals surface area contributed by atoms with Crippen molar-refractivity contribution in [3.63, 3.8) is 0 Å². The summed E-state index contributed by atoms with van der Waals surface area (Å²) in [7, 11) is 0. The third-order valence-electron chi connectivity index (χ3n) is 6.22. The SMILES string of the molecule is O=C(N[C@H]1CN2CCC1CC2)c1cc2cccc(-c3ccccc3CO)c2o1. The van der Waals surface area contributed by atoms with E-state index in [9.17, 15) is 9.90 Å². The van der Waals surface area contributed by atoms with Gasteiger partial charge in [0.05, 0.1) is 6.61 Å². The summed E-state index contributed by atoms with van der Waals surface area (Å²) >= 11 is 0. The molecular weight excluding hydrogens is 352 g/mol. The van der Waals surface area contributed by atoms with E-state index < -0.39 is 0 Å². The number of carbonyl (C=O) groups excluding carboxylic acids is 1. The third-order valence-corrected chi connectivity index (χ3v) is 6.22. The molecule has 2 N–H and O–H groups in total. The minimum atomic E-state index is -0.142. The summed E-state index contributed by atoms with van der Waals surface area (Å²) in [6, 6.07) is 15.6. The molecule has 144 valence electrons. The van der Waals surface area contributed by atoms with Crippen molar-refractivity contribution in [1.29, 1.82) is 0 Å². The Bertz CT molecular complexity index is 1020. The lowest BCUT2D eigenvalue weighted by atomic mass is 9.84. The van der Waals surface area contributed by atoms with E-state index >= 15 is 0 Å². The summed E-state index contributed by atoms with van der Waals surface area (Å²) in [5, 5.41) is 13.8. The number of para-hydroxylation sites is 1. The lowest BCUT2D eigenvalue weighted by Gasteiger charge is -2.44. The van der Waals surface area contributed by atoms with Crippen LogP contribution in [0.1, 0.15) is 29.0 Å². The summed E-state index contributed by atoms with van der Waals surface area (Å²) in [4.78, 5) is 15.3. The smallest absolute Gasteiger partial charge is 0.287 e. The van der Waals surface area contributed by atoms with E-state index in [1.807, 2.05) is 48.5 Å². The van der Waals surface area contributed by atoms with Crippen molar-refractivity contribution in [1.82, 2.24) is 10.2 Å². The Morgan fingerprint density at radius 2 is 1.89 bits per heavy atom. The summed E-state index contributed by atoms with van der Waals surface area (Å²) in [5.41, 5.74) is 3.34. The number of amides is 1. The van der Waals surface area contributed by atoms with Crippen LogP contribution in [-0.4, -0.2) is 41.6 Å². The van der Waals surface area contributed by atoms with Crippen LogP contribution >= 0.6 is 0 Å². The van der Waals surface area contributed by atoms with Gasteiger partial charge in [-0.15, -0.1) is 0 Å². The number of furan rings is 1. The molecule has 3 aliphatic rings. The number of aliphatic hydroxyl groups excluding tert-OH is 1. The lowest BCUT2D eigenvalue weighted by Crippen LogP contribution is -2.57. The van der Waals surface area contributed by atoms with E-state index in [4.69, 9.17) is 4.42 Å². The highest BCUT2D eigenvalue weighted by Gasteiger charge is 2.35. The molecule has 5 heteroatoms. The Morgan fingerprint density at radius 1 is 1.11 bits per heavy atom. The van der Waals surface area contributed by atoms with Crippen LogP contribution in [0.5, 0.6) is 0 Å². The second-order valence-electron chi connectivity index (χ2n) is 7.87. The fourth-order valence-corrected chi connectivity index (χ4v) is 4.68. The zero-order valence-electron chi connectivity index (χ0n) is 15.7. The minimum Gasteiger partial charge on any atom is -0.450 e. The Labute approximate surface area is 164 Å². The second kappa shape index (κ2) is 7.08. The first kappa shape index (κ1) is 17.5. The van der Waals surface area contributed by atoms with Crippen LogP contribution in [-0.2, 0) is 6.61 Å². The highest BCUT2D eigenvalue weighted by Crippen LogP contribution is 2.33. The fraction of sp³-hybridized carbons (Fsp3) is 0.348. The summed E-state index contributed by atoms with van der Waals surface area (Å²) < 4.78 is 6.03. The standard InChI is InChI=1S/C23H24N2O3/c26-14-17-4-1-2-6-18(17)19-7-3-5-16-12-21(28-22(16)19)23(27)24-20-13-25-10-8-15(20)9-11-25/h1-7,12,15,20,26H,8-11,13-14H2,(H,24,27)/t20-/m0/s1. The molecule has 3 aliphatic heterocycles. The predicted molar refractivity (Wildman–Crippen MR) is 108 cm³/mol. The Kier molecular flexibility index (Phi) is 4.41. The van der Waals surface area contributed by atoms with Gasteiger partial charge < -0.3 is 19.7 Å². The fourth-order valence-electron chi connectivity index (χ4n) is 4.68. The van der Waals surface area contributed by atoms with E-state index in [2.05, 4.69) is 10.2 Å². The molecule has 0 saturated carbocycles. The molecule has 4 heterocycles. The molecule has 1 amide bonds. The monoisotopic (exact) mass is 376 g/mol. The van der Waals surface area contributed by atoms with Crippen molar-refractivity contribution in [3.05, 3.63) is 59.9 Å². The van der Waals surface area contributed by atoms with Gasteiger partial charge in [0.25, 0.3) is 5.91 Å². The molecule has 2 bridgehead atoms. The van der Waals surface area contributed by atoms with Crippen molar-refractivity contribution in [2.24, 2.45) is 5.92 Å². The largest absolute Gasteiger partial charge is 0.450 e. The summed E-state index contributed by atoms with van der Waals surface area (Å²) in [6.45, 7) is 3.19. The van der Waals surface area contributed by atoms with Gasteiger partial charge in [-0.2, -0.15) is 0 Å². The van der Waals surface area contributed by atoms with Crippen LogP contribution in [0, 0.1) is 5.92 Å². The van der Waals surface area contributed by atoms with Gasteiger partial charge in [-0.25, -0.2) is 0 Å². The highest BCUT2D eigenvalue weighted by molar-refractivity contribution is 6.00. The van der Waals surface area contributed by atoms with Crippen molar-refractivity contribution < 1.29 is 14.3 Å². The number of piperidine rings is 3. The number of fused-ring (bicyclic) bond motifs is 4. The first-order chi connectivity index (χ1) is 13.7. The second-order valence-corrected chi connectivity index (χ2v) is 7.87. The first-order valence-corrected chi connectivity index (χ1v) is 9.98. The molecule has 2 aromatic carbocycles. The zero-order chi connectivity index (χ0) is 19.1. The van der Waals surface area contributed by atoms with Crippen molar-refractivity contribution in [2.75, 3.05) is 19.6 Å². The van der Waals surface area contributed by atoms with Crippen LogP contribution in [0.25, 0.3) is 22.1 Å². The van der Waals surface area contributed by atoms with Crippen molar-refractivity contribution in [3.8, 4) is 11.1 Å². The van der Waals surface area contributed by atoms with Gasteiger partial charge in [-0.05, 0) is 49.0 Å². The number of rotatable bonds is 4. The molecule has 0 spiro atoms. The molecule has 3 aromatic rings. The van der Waals surface area contributed by atoms with Gasteiger partial charge in [0.1, 0.15) is 5.58 Å². The maximum Gasteiger partial charge on any atom is 0.287 e. The molecule has 6 rings (SSSR count). The average molecular weight is 376 g/mol. The molecule has 0 radical (unpaired) electrons. The predicted octanol–water partition coefficient (Wildman–Crippen LogP) is 3.42. The minimum absolute atomic E-state index is 0.0415. The number of benzene rings is 2. The van der Waals surface area contributed by atoms with Gasteiger partial charge in [-0.1, -0.05) is 42.5 Å². The van der Waals surface area contributed by atoms with Crippen LogP contribution in [0.2, 0.25) is 0 Å². The summed E-state index contributed by atoms with van der Waals surface area (Å²) in [5.74, 6) is 0.780. The van der Waals surface area contributed by atoms with Crippen molar-refractivity contribution >= 4 is 16.9 Å². The van der Waals surface area contributed by atoms with Crippen LogP contribution in [0.3, 0.4) is 0 Å². The molecule has 5 nitrogen and oxygen atoms in total. The number of hydrogen-bond donors (Lipinski definition) is 2. The molecule has 3 saturated heterocycles. The Morgan fingerprint density at radius 3 is 2.64 bits per heavy atom. The van der Waals surface area contributed by atoms with Crippen LogP contribution in [0.4, 0.5) is 0 Å². The number of aliphatic hydroxyl groups is 1. The van der Waals surface area contributed by atoms with Gasteiger partial charge in [0.2, 0.25) is 0 Å². The van der Waals surface area contributed by atoms with Gasteiger partial charge in [0, 0.05) is 23.5 Å². The molecular formula is C23H24N2O3. The van der Waals surface area contributed by atoms with Gasteiger partial charge in [0.15, 0.2) is 5.76 Å². The molecule has 1 aromatic heterocycles. The molecule has 0 unspecified atom stereocenters. The Hall–Kier alpha value is -2.63. The quantitative estimate of drug-likeness (QED) is 0.732. The van der Waals surface area contributed by atoms with E-state index in [1.54, 1.807) is 0 Å². The summed E-state index contributed by atoms with van der Waals surface area (Å²) in [6.07, 6.45) is 2.32. The number of hydrogen-bond acceptors (Lipinski definition) is 4. The van der Waals surface area contributed by atoms with Crippen LogP contribution < -0.4 is 5.32 Å². The van der Waals surface area contributed by atoms with Gasteiger partial charge in [-0.3, -0.25) is 4.79 Å². The molecule has 1 atom stereocenters. The van der Waals surface area contributed by atoms with E-state index in [1.165, 1.54) is 0 Å². The third kappa shape index (κ3) is 3.01. The number of nitrogens with zero attached hydrogens (tertiary/aromatic N) is 1. The highest BCUT2D eigenvalue weighted by atomic mass is 16.3. The Balaban J connectivity index is 1.46. The lowest BCUT2D eigenvalue weighted by molar-refractivity contribution is 0.0607. The maximum absolute atomic E-state index is 12.9. The normalized spacial score (nSPS) is 23.8. The van der Waals surface area contributed by atoms with Crippen molar-refractivity contribution in [2.45, 2.75) is 25.5 Å². The first-order valence-electron chi connectivity index (χ1n) is 9.98. The molecule has 3 fully saturated rings. The number of carbonyl (C=O) groups is 1. The van der Waals surface area contributed by atoms with Gasteiger partial charge >= 0.3 is 0 Å². The topological polar surface area (TPSA) is 65.7 Å². The molecule has 0 aliphatic carbocycles. The zero-order valence-corrected chi connectivity index (χ0v) is 15.7. The average Bonchev–Trinajstić information content (AvgIpc) is 3.19. The number of nitrogens with one attached hydrogen (secondary N) is 1. The van der Waals surface area contributed by atoms with E-state index in [-0.39, 0.29) is 18.6 Å². The maximum atomic E-state index is 12.9. The van der Waals surface area contributed by atoms with E-state index in [0.29, 0.717) is 17.3 Å². The van der Waals surface area contributed by atoms with Crippen LogP contribution in [0.15, 0.2) is 52.9 Å². The molecule has 28 heavy (non-hydrogen) atoms. The van der Waals surface area contributed by atoms with E-state index in [0.717, 1.165) is 54.6 Å².